The summed E-state index contributed by atoms with van der Waals surface area (Å²) >= 11 is -4.31. The summed E-state index contributed by atoms with van der Waals surface area (Å²) in [6.07, 6.45) is 3.75. The van der Waals surface area contributed by atoms with Crippen LogP contribution in [0.15, 0.2) is 30.6 Å². The second-order valence-electron chi connectivity index (χ2n) is 1.46. The number of nitrogens with one attached hydrogen (secondary N) is 1. The van der Waals surface area contributed by atoms with Gasteiger partial charge in [0.05, 0.1) is 0 Å². The molecule has 0 bridgehead atoms. The average molecular weight is 235 g/mol. The van der Waals surface area contributed by atoms with Crippen molar-refractivity contribution in [3.63, 3.8) is 0 Å². The fourth-order valence-corrected chi connectivity index (χ4v) is 0.342. The number of aromatic nitrogens is 1. The molecule has 0 atom stereocenters. The van der Waals surface area contributed by atoms with Crippen LogP contribution >= 0.6 is 20.1 Å². The normalized spacial score (nSPS) is 9.64. The van der Waals surface area contributed by atoms with E-state index in [1.165, 1.54) is 0 Å². The summed E-state index contributed by atoms with van der Waals surface area (Å²) < 4.78 is 18.5. The number of H-pyrrole nitrogens is 1. The summed E-state index contributed by atoms with van der Waals surface area (Å²) in [5, 5.41) is 0. The molecular weight excluding hydrogens is 229 g/mol. The second-order valence-corrected chi connectivity index (χ2v) is 6.64. The Balaban J connectivity index is 0.000000187. The van der Waals surface area contributed by atoms with Crippen molar-refractivity contribution in [3.05, 3.63) is 30.6 Å². The number of halogens is 2. The number of rotatable bonds is 0. The Hall–Kier alpha value is -0.138. The summed E-state index contributed by atoms with van der Waals surface area (Å²) in [7, 11) is 8.68. The molecule has 3 nitrogen and oxygen atoms in total. The molecule has 0 fully saturated rings. The smallest absolute Gasteiger partial charge is 0.166 e. The van der Waals surface area contributed by atoms with E-state index >= 15 is 0 Å². The molecule has 1 aromatic heterocycles. The van der Waals surface area contributed by atoms with Crippen molar-refractivity contribution < 1.29 is 23.7 Å². The molecule has 1 aromatic rings. The molecule has 0 aliphatic rings. The Morgan fingerprint density at radius 3 is 1.45 bits per heavy atom. The Morgan fingerprint density at radius 1 is 1.00 bits per heavy atom. The quantitative estimate of drug-likeness (QED) is 0.686. The molecule has 0 amide bonds. The molecule has 0 saturated heterocycles. The van der Waals surface area contributed by atoms with E-state index in [1.807, 2.05) is 30.6 Å². The van der Waals surface area contributed by atoms with Crippen molar-refractivity contribution in [2.45, 2.75) is 0 Å². The van der Waals surface area contributed by atoms with Gasteiger partial charge in [0.2, 0.25) is 0 Å². The van der Waals surface area contributed by atoms with Gasteiger partial charge < -0.3 is 0 Å². The molecule has 0 aromatic carbocycles. The third-order valence-electron chi connectivity index (χ3n) is 0.607. The van der Waals surface area contributed by atoms with Gasteiger partial charge in [0.1, 0.15) is 0 Å². The minimum Gasteiger partial charge on any atom is -0.218 e. The minimum absolute atomic E-state index is 1.88. The van der Waals surface area contributed by atoms with E-state index < -0.39 is 11.1 Å². The molecule has 1 rings (SSSR count). The predicted molar refractivity (Wildman–Crippen MR) is 36.1 cm³/mol. The molecule has 0 saturated carbocycles. The first kappa shape index (κ1) is 10.9. The van der Waals surface area contributed by atoms with E-state index in [0.29, 0.717) is 0 Å². The van der Waals surface area contributed by atoms with Crippen LogP contribution in [0, 0.1) is 0 Å². The third kappa shape index (κ3) is 17.7. The van der Waals surface area contributed by atoms with Gasteiger partial charge in [0.15, 0.2) is 12.4 Å². The van der Waals surface area contributed by atoms with E-state index in [2.05, 4.69) is 25.1 Å². The third-order valence-corrected chi connectivity index (χ3v) is 0.607. The molecular formula is C5H6Cl2CrNO2+. The number of pyridine rings is 1. The van der Waals surface area contributed by atoms with Crippen LogP contribution in [0.4, 0.5) is 0 Å². The van der Waals surface area contributed by atoms with Crippen LogP contribution in [0.2, 0.25) is 0 Å². The second kappa shape index (κ2) is 5.50. The zero-order chi connectivity index (χ0) is 8.74. The van der Waals surface area contributed by atoms with Gasteiger partial charge in [-0.2, -0.15) is 0 Å². The Morgan fingerprint density at radius 2 is 1.36 bits per heavy atom. The van der Waals surface area contributed by atoms with Crippen LogP contribution in [-0.2, 0) is 18.7 Å². The minimum atomic E-state index is -4.31. The molecule has 0 aliphatic carbocycles. The zero-order valence-electron chi connectivity index (χ0n) is 5.37. The largest absolute Gasteiger partial charge is 0.218 e. The van der Waals surface area contributed by atoms with E-state index in [1.54, 1.807) is 0 Å². The molecule has 11 heavy (non-hydrogen) atoms. The van der Waals surface area contributed by atoms with Crippen molar-refractivity contribution in [1.82, 2.24) is 0 Å². The Labute approximate surface area is 74.5 Å². The van der Waals surface area contributed by atoms with Crippen LogP contribution < -0.4 is 4.98 Å². The van der Waals surface area contributed by atoms with E-state index in [-0.39, 0.29) is 0 Å². The van der Waals surface area contributed by atoms with Crippen molar-refractivity contribution in [2.24, 2.45) is 0 Å². The fourth-order valence-electron chi connectivity index (χ4n) is 0.342. The standard InChI is InChI=1S/C5H5N.2ClH.Cr.2O/c1-2-4-6-5-3-1;;;;;/h1-5H;2*1H;;;/q;;;+2;;/p-1. The molecule has 0 radical (unpaired) electrons. The van der Waals surface area contributed by atoms with Gasteiger partial charge in [-0.05, 0) is 0 Å². The molecule has 1 N–H and O–H groups in total. The van der Waals surface area contributed by atoms with E-state index in [0.717, 1.165) is 0 Å². The van der Waals surface area contributed by atoms with Crippen molar-refractivity contribution >= 4 is 20.1 Å². The van der Waals surface area contributed by atoms with Gasteiger partial charge >= 0.3 is 38.8 Å². The first-order valence-corrected chi connectivity index (χ1v) is 7.10. The summed E-state index contributed by atoms with van der Waals surface area (Å²) in [5.41, 5.74) is 0. The molecule has 6 heteroatoms. The van der Waals surface area contributed by atoms with Crippen molar-refractivity contribution in [1.29, 1.82) is 0 Å². The number of hydrogen-bond donors (Lipinski definition) is 0. The van der Waals surface area contributed by atoms with Gasteiger partial charge in [0, 0.05) is 12.1 Å². The van der Waals surface area contributed by atoms with Gasteiger partial charge in [-0.15, -0.1) is 0 Å². The maximum Gasteiger partial charge on any atom is 0.166 e. The zero-order valence-corrected chi connectivity index (χ0v) is 8.15. The Kier molecular flexibility index (Phi) is 5.44. The maximum atomic E-state index is 9.24. The summed E-state index contributed by atoms with van der Waals surface area (Å²) in [4.78, 5) is 2.89. The summed E-state index contributed by atoms with van der Waals surface area (Å²) in [6.45, 7) is 0. The van der Waals surface area contributed by atoms with Crippen LogP contribution in [0.5, 0.6) is 0 Å². The van der Waals surface area contributed by atoms with Crippen LogP contribution in [0.3, 0.4) is 0 Å². The molecule has 0 spiro atoms. The summed E-state index contributed by atoms with van der Waals surface area (Å²) in [5.74, 6) is 0. The Bertz CT molecular complexity index is 239. The molecule has 1 heterocycles. The van der Waals surface area contributed by atoms with E-state index in [4.69, 9.17) is 0 Å². The SMILES string of the molecule is [O]=[Cr](=[O])([Cl])[Cl].c1cc[nH+]cc1. The van der Waals surface area contributed by atoms with E-state index in [9.17, 15) is 7.61 Å². The number of aromatic amines is 1. The fraction of sp³-hybridized carbons (Fsp3) is 0. The first-order valence-electron chi connectivity index (χ1n) is 2.55. The first-order chi connectivity index (χ1) is 5.00. The van der Waals surface area contributed by atoms with Crippen molar-refractivity contribution in [3.8, 4) is 0 Å². The van der Waals surface area contributed by atoms with Crippen LogP contribution in [-0.4, -0.2) is 0 Å². The molecule has 0 unspecified atom stereocenters. The van der Waals surface area contributed by atoms with Gasteiger partial charge in [-0.1, -0.05) is 6.07 Å². The maximum absolute atomic E-state index is 9.24. The number of hydrogen-bond acceptors (Lipinski definition) is 2. The van der Waals surface area contributed by atoms with Crippen LogP contribution in [0.1, 0.15) is 0 Å². The predicted octanol–water partition coefficient (Wildman–Crippen LogP) is 1.64. The van der Waals surface area contributed by atoms with Crippen molar-refractivity contribution in [2.75, 3.05) is 0 Å². The molecule has 62 valence electrons. The van der Waals surface area contributed by atoms with Crippen LogP contribution in [0.25, 0.3) is 0 Å². The topological polar surface area (TPSA) is 48.3 Å². The van der Waals surface area contributed by atoms with Gasteiger partial charge in [-0.25, -0.2) is 4.98 Å². The summed E-state index contributed by atoms with van der Waals surface area (Å²) in [6, 6.07) is 5.86. The average Bonchev–Trinajstić information content (AvgIpc) is 1.88. The van der Waals surface area contributed by atoms with Gasteiger partial charge in [-0.3, -0.25) is 0 Å². The van der Waals surface area contributed by atoms with Gasteiger partial charge in [0.25, 0.3) is 0 Å². The molecule has 0 aliphatic heterocycles. The monoisotopic (exact) mass is 234 g/mol.